The molecule has 0 atom stereocenters. The van der Waals surface area contributed by atoms with Gasteiger partial charge in [-0.05, 0) is 6.92 Å². The third kappa shape index (κ3) is 17.6. The van der Waals surface area contributed by atoms with Crippen LogP contribution in [-0.2, 0) is 41.6 Å². The van der Waals surface area contributed by atoms with Gasteiger partial charge in [-0.3, -0.25) is 0 Å². The van der Waals surface area contributed by atoms with Gasteiger partial charge in [0, 0.05) is 26.6 Å². The molecule has 0 spiro atoms. The summed E-state index contributed by atoms with van der Waals surface area (Å²) in [5, 5.41) is 10.0. The summed E-state index contributed by atoms with van der Waals surface area (Å²) in [6, 6.07) is 0. The largest absolute Gasteiger partial charge is 0.550 e. The van der Waals surface area contributed by atoms with Crippen LogP contribution in [0.4, 0.5) is 0 Å². The molecule has 0 unspecified atom stereocenters. The fraction of sp³-hybridized carbons (Fsp3) is 0.778. The molecule has 1 heterocycles. The average molecular weight is 390 g/mol. The Balaban J connectivity index is 0.000000533. The van der Waals surface area contributed by atoms with E-state index in [1.54, 1.807) is 14.2 Å². The summed E-state index contributed by atoms with van der Waals surface area (Å²) in [4.78, 5) is 10.0. The fourth-order valence-electron chi connectivity index (χ4n) is 1.79. The number of methoxy groups -OCH3 is 2. The van der Waals surface area contributed by atoms with E-state index >= 15 is 0 Å². The van der Waals surface area contributed by atoms with Crippen LogP contribution >= 0.6 is 0 Å². The molecule has 0 aliphatic rings. The number of aromatic nitrogens is 2. The van der Waals surface area contributed by atoms with Crippen molar-refractivity contribution in [2.45, 2.75) is 26.4 Å². The molecule has 0 saturated heterocycles. The Bertz CT molecular complexity index is 455. The SMILES string of the molecule is CCn1cc[n+](CCOC)c1.COCCOCCOCCOCCC(=O)[O-]. The van der Waals surface area contributed by atoms with Crippen molar-refractivity contribution in [2.75, 3.05) is 67.1 Å². The topological polar surface area (TPSA) is 95.1 Å². The fourth-order valence-corrected chi connectivity index (χ4v) is 1.79. The molecule has 27 heavy (non-hydrogen) atoms. The maximum absolute atomic E-state index is 10.0. The Morgan fingerprint density at radius 1 is 0.926 bits per heavy atom. The van der Waals surface area contributed by atoms with Crippen LogP contribution in [0.3, 0.4) is 0 Å². The molecule has 0 N–H and O–H groups in total. The lowest BCUT2D eigenvalue weighted by Gasteiger charge is -2.06. The predicted octanol–water partition coefficient (Wildman–Crippen LogP) is -0.735. The molecule has 0 bridgehead atoms. The highest BCUT2D eigenvalue weighted by Gasteiger charge is 1.99. The molecule has 158 valence electrons. The zero-order valence-electron chi connectivity index (χ0n) is 16.8. The van der Waals surface area contributed by atoms with Gasteiger partial charge in [0.1, 0.15) is 18.9 Å². The van der Waals surface area contributed by atoms with E-state index in [0.717, 1.165) is 19.7 Å². The van der Waals surface area contributed by atoms with Crippen LogP contribution in [-0.4, -0.2) is 77.6 Å². The highest BCUT2D eigenvalue weighted by Crippen LogP contribution is 1.84. The lowest BCUT2D eigenvalue weighted by molar-refractivity contribution is -0.697. The molecule has 0 radical (unpaired) electrons. The number of carbonyl (C=O) groups excluding carboxylic acids is 1. The van der Waals surface area contributed by atoms with E-state index in [9.17, 15) is 9.90 Å². The summed E-state index contributed by atoms with van der Waals surface area (Å²) in [5.41, 5.74) is 0. The maximum Gasteiger partial charge on any atom is 0.243 e. The summed E-state index contributed by atoms with van der Waals surface area (Å²) in [7, 11) is 3.33. The van der Waals surface area contributed by atoms with Crippen molar-refractivity contribution < 1.29 is 38.2 Å². The second-order valence-corrected chi connectivity index (χ2v) is 5.43. The molecule has 1 aromatic heterocycles. The Morgan fingerprint density at radius 2 is 1.48 bits per heavy atom. The van der Waals surface area contributed by atoms with Crippen molar-refractivity contribution in [1.29, 1.82) is 0 Å². The molecule has 9 nitrogen and oxygen atoms in total. The van der Waals surface area contributed by atoms with E-state index in [4.69, 9.17) is 23.7 Å². The summed E-state index contributed by atoms with van der Waals surface area (Å²) < 4.78 is 29.3. The molecule has 1 rings (SSSR count). The molecule has 9 heteroatoms. The second-order valence-electron chi connectivity index (χ2n) is 5.43. The van der Waals surface area contributed by atoms with E-state index in [1.807, 2.05) is 0 Å². The van der Waals surface area contributed by atoms with Gasteiger partial charge in [-0.15, -0.1) is 0 Å². The minimum absolute atomic E-state index is 0.0832. The maximum atomic E-state index is 10.0. The van der Waals surface area contributed by atoms with E-state index < -0.39 is 5.97 Å². The van der Waals surface area contributed by atoms with Crippen molar-refractivity contribution in [1.82, 2.24) is 4.57 Å². The van der Waals surface area contributed by atoms with Gasteiger partial charge in [0.05, 0.1) is 59.4 Å². The van der Waals surface area contributed by atoms with Crippen LogP contribution in [0.15, 0.2) is 18.7 Å². The van der Waals surface area contributed by atoms with Crippen molar-refractivity contribution in [3.63, 3.8) is 0 Å². The number of carboxylic acids is 1. The summed E-state index contributed by atoms with van der Waals surface area (Å²) in [6.07, 6.45) is 6.12. The lowest BCUT2D eigenvalue weighted by atomic mass is 10.5. The Hall–Kier alpha value is -1.52. The third-order valence-electron chi connectivity index (χ3n) is 3.29. The number of hydrogen-bond acceptors (Lipinski definition) is 7. The van der Waals surface area contributed by atoms with Crippen LogP contribution in [0.5, 0.6) is 0 Å². The number of hydrogen-bond donors (Lipinski definition) is 0. The van der Waals surface area contributed by atoms with Crippen LogP contribution in [0, 0.1) is 0 Å². The minimum atomic E-state index is -1.10. The first kappa shape index (κ1) is 25.5. The Kier molecular flexibility index (Phi) is 18.2. The first-order chi connectivity index (χ1) is 13.1. The number of carboxylic acid groups (broad SMARTS) is 1. The van der Waals surface area contributed by atoms with E-state index in [1.165, 1.54) is 0 Å². The van der Waals surface area contributed by atoms with Gasteiger partial charge in [-0.1, -0.05) is 0 Å². The number of imidazole rings is 1. The molecular weight excluding hydrogens is 356 g/mol. The smallest absolute Gasteiger partial charge is 0.243 e. The lowest BCUT2D eigenvalue weighted by Crippen LogP contribution is -2.33. The Labute approximate surface area is 161 Å². The molecule has 0 fully saturated rings. The van der Waals surface area contributed by atoms with Crippen molar-refractivity contribution in [3.05, 3.63) is 18.7 Å². The molecule has 0 aromatic carbocycles. The van der Waals surface area contributed by atoms with Gasteiger partial charge in [0.2, 0.25) is 6.33 Å². The average Bonchev–Trinajstić information content (AvgIpc) is 3.13. The van der Waals surface area contributed by atoms with Crippen molar-refractivity contribution in [2.24, 2.45) is 0 Å². The van der Waals surface area contributed by atoms with Gasteiger partial charge in [-0.25, -0.2) is 9.13 Å². The summed E-state index contributed by atoms with van der Waals surface area (Å²) in [6.45, 7) is 7.98. The first-order valence-corrected chi connectivity index (χ1v) is 9.09. The normalized spacial score (nSPS) is 10.5. The second kappa shape index (κ2) is 19.2. The number of aliphatic carboxylic acids is 1. The number of rotatable bonds is 16. The van der Waals surface area contributed by atoms with Crippen LogP contribution in [0.25, 0.3) is 0 Å². The number of nitrogens with zero attached hydrogens (tertiary/aromatic N) is 2. The molecule has 0 aliphatic carbocycles. The van der Waals surface area contributed by atoms with Gasteiger partial charge in [0.25, 0.3) is 0 Å². The zero-order valence-corrected chi connectivity index (χ0v) is 16.8. The zero-order chi connectivity index (χ0) is 20.2. The highest BCUT2D eigenvalue weighted by atomic mass is 16.6. The summed E-state index contributed by atoms with van der Waals surface area (Å²) in [5.74, 6) is -1.10. The molecule has 0 aliphatic heterocycles. The van der Waals surface area contributed by atoms with Gasteiger partial charge in [-0.2, -0.15) is 0 Å². The quantitative estimate of drug-likeness (QED) is 0.271. The highest BCUT2D eigenvalue weighted by molar-refractivity contribution is 5.64. The molecule has 1 aromatic rings. The van der Waals surface area contributed by atoms with Crippen molar-refractivity contribution >= 4 is 5.97 Å². The van der Waals surface area contributed by atoms with Crippen LogP contribution in [0.2, 0.25) is 0 Å². The minimum Gasteiger partial charge on any atom is -0.550 e. The number of aryl methyl sites for hydroxylation is 1. The standard InChI is InChI=1S/C10H20O6.C8H15N2O/c1-13-4-5-15-8-9-16-7-6-14-3-2-10(11)12;1-3-9-4-5-10(8-9)6-7-11-2/h2-9H2,1H3,(H,11,12);4-5,8H,3,6-7H2,1-2H3/q;+1/p-1. The van der Waals surface area contributed by atoms with Gasteiger partial charge < -0.3 is 33.6 Å². The van der Waals surface area contributed by atoms with Gasteiger partial charge >= 0.3 is 0 Å². The number of ether oxygens (including phenoxy) is 5. The summed E-state index contributed by atoms with van der Waals surface area (Å²) >= 11 is 0. The van der Waals surface area contributed by atoms with E-state index in [2.05, 4.69) is 34.8 Å². The Morgan fingerprint density at radius 3 is 1.96 bits per heavy atom. The number of carbonyl (C=O) groups is 1. The van der Waals surface area contributed by atoms with Crippen molar-refractivity contribution in [3.8, 4) is 0 Å². The first-order valence-electron chi connectivity index (χ1n) is 9.09. The van der Waals surface area contributed by atoms with Crippen LogP contribution < -0.4 is 9.67 Å². The predicted molar refractivity (Wildman–Crippen MR) is 96.1 cm³/mol. The third-order valence-corrected chi connectivity index (χ3v) is 3.29. The monoisotopic (exact) mass is 390 g/mol. The molecule has 0 saturated carbocycles. The van der Waals surface area contributed by atoms with E-state index in [-0.39, 0.29) is 13.0 Å². The van der Waals surface area contributed by atoms with E-state index in [0.29, 0.717) is 39.6 Å². The molecule has 0 amide bonds. The molecular formula is C18H34N2O7. The van der Waals surface area contributed by atoms with Crippen LogP contribution in [0.1, 0.15) is 13.3 Å². The van der Waals surface area contributed by atoms with Gasteiger partial charge in [0.15, 0.2) is 0 Å².